The predicted octanol–water partition coefficient (Wildman–Crippen LogP) is 4.64. The van der Waals surface area contributed by atoms with Gasteiger partial charge >= 0.3 is 0 Å². The molecule has 0 unspecified atom stereocenters. The van der Waals surface area contributed by atoms with Crippen LogP contribution in [-0.4, -0.2) is 61.9 Å². The van der Waals surface area contributed by atoms with Crippen molar-refractivity contribution in [1.29, 1.82) is 0 Å². The van der Waals surface area contributed by atoms with Crippen LogP contribution in [0.25, 0.3) is 16.5 Å². The second-order valence-corrected chi connectivity index (χ2v) is 11.4. The van der Waals surface area contributed by atoms with Gasteiger partial charge in [0.1, 0.15) is 11.4 Å². The van der Waals surface area contributed by atoms with E-state index in [2.05, 4.69) is 72.0 Å². The molecule has 1 saturated heterocycles. The monoisotopic (exact) mass is 612 g/mol. The molecule has 1 fully saturated rings. The third-order valence-corrected chi connectivity index (χ3v) is 7.91. The Morgan fingerprint density at radius 3 is 2.42 bits per heavy atom. The van der Waals surface area contributed by atoms with Crippen LogP contribution in [0.1, 0.15) is 35.6 Å². The summed E-state index contributed by atoms with van der Waals surface area (Å²) in [5.74, 6) is -0.161. The van der Waals surface area contributed by atoms with E-state index in [-0.39, 0.29) is 17.0 Å². The molecule has 3 heterocycles. The molecule has 0 radical (unpaired) electrons. The molecule has 1 amide bonds. The van der Waals surface area contributed by atoms with Gasteiger partial charge < -0.3 is 9.88 Å². The maximum atomic E-state index is 13.2. The lowest BCUT2D eigenvalue weighted by atomic mass is 9.97. The second-order valence-electron chi connectivity index (χ2n) is 9.56. The number of nitrogens with one attached hydrogen (secondary N) is 1. The lowest BCUT2D eigenvalue weighted by Gasteiger charge is -2.43. The average Bonchev–Trinajstić information content (AvgIpc) is 3.35. The van der Waals surface area contributed by atoms with Crippen molar-refractivity contribution >= 4 is 48.5 Å². The van der Waals surface area contributed by atoms with Crippen LogP contribution in [-0.2, 0) is 5.54 Å². The Hall–Kier alpha value is -2.82. The van der Waals surface area contributed by atoms with Crippen molar-refractivity contribution < 1.29 is 4.79 Å². The zero-order valence-corrected chi connectivity index (χ0v) is 23.4. The summed E-state index contributed by atoms with van der Waals surface area (Å²) in [5, 5.41) is 10.2. The molecular formula is C26H26Br2N6O2. The van der Waals surface area contributed by atoms with Crippen molar-refractivity contribution in [2.75, 3.05) is 26.2 Å². The number of H-pyrrole nitrogens is 1. The molecule has 0 spiro atoms. The molecule has 2 aromatic heterocycles. The molecule has 1 N–H and O–H groups in total. The maximum absolute atomic E-state index is 13.2. The minimum absolute atomic E-state index is 0.161. The number of aromatic amines is 1. The lowest BCUT2D eigenvalue weighted by molar-refractivity contribution is 0.0374. The van der Waals surface area contributed by atoms with E-state index in [0.717, 1.165) is 31.3 Å². The lowest BCUT2D eigenvalue weighted by Crippen LogP contribution is -2.54. The Labute approximate surface area is 225 Å². The van der Waals surface area contributed by atoms with Crippen molar-refractivity contribution in [2.45, 2.75) is 26.3 Å². The van der Waals surface area contributed by atoms with Gasteiger partial charge in [0.15, 0.2) is 0 Å². The summed E-state index contributed by atoms with van der Waals surface area (Å²) in [5.41, 5.74) is 2.65. The molecular weight excluding hydrogens is 588 g/mol. The minimum atomic E-state index is -0.360. The number of hydrogen-bond donors (Lipinski definition) is 1. The standard InChI is InChI=1S/C26H26Br2N6O2/c1-16-12-18(27)6-7-22(16)34-15-23(30-31-34)26(2,3)33-10-8-32(9-11-33)25(36)21-13-17-4-5-19(28)14-20(17)24(35)29-21/h4-7,12-15H,8-11H2,1-3H3,(H,29,35). The van der Waals surface area contributed by atoms with Gasteiger partial charge in [-0.25, -0.2) is 4.68 Å². The van der Waals surface area contributed by atoms with Crippen LogP contribution in [0.15, 0.2) is 62.4 Å². The highest BCUT2D eigenvalue weighted by molar-refractivity contribution is 9.10. The van der Waals surface area contributed by atoms with Crippen LogP contribution in [0, 0.1) is 6.92 Å². The van der Waals surface area contributed by atoms with E-state index in [0.29, 0.717) is 37.3 Å². The molecule has 10 heteroatoms. The van der Waals surface area contributed by atoms with Crippen LogP contribution < -0.4 is 5.56 Å². The normalized spacial score (nSPS) is 15.0. The van der Waals surface area contributed by atoms with Gasteiger partial charge in [-0.3, -0.25) is 14.5 Å². The van der Waals surface area contributed by atoms with Crippen LogP contribution in [0.3, 0.4) is 0 Å². The van der Waals surface area contributed by atoms with Gasteiger partial charge in [-0.2, -0.15) is 0 Å². The van der Waals surface area contributed by atoms with E-state index in [1.807, 2.05) is 42.1 Å². The Morgan fingerprint density at radius 2 is 1.69 bits per heavy atom. The number of carbonyl (C=O) groups excluding carboxylic acids is 1. The average molecular weight is 614 g/mol. The zero-order chi connectivity index (χ0) is 25.6. The van der Waals surface area contributed by atoms with Crippen molar-refractivity contribution in [2.24, 2.45) is 0 Å². The number of hydrogen-bond acceptors (Lipinski definition) is 5. The first-order valence-corrected chi connectivity index (χ1v) is 13.3. The van der Waals surface area contributed by atoms with Crippen LogP contribution >= 0.6 is 31.9 Å². The summed E-state index contributed by atoms with van der Waals surface area (Å²) in [6.07, 6.45) is 1.98. The fourth-order valence-electron chi connectivity index (χ4n) is 4.69. The van der Waals surface area contributed by atoms with E-state index >= 15 is 0 Å². The zero-order valence-electron chi connectivity index (χ0n) is 20.3. The molecule has 0 bridgehead atoms. The SMILES string of the molecule is Cc1cc(Br)ccc1-n1cc(C(C)(C)N2CCN(C(=O)c3cc4ccc(Br)cc4c(=O)[nH]3)CC2)nn1. The van der Waals surface area contributed by atoms with Gasteiger partial charge in [0.2, 0.25) is 0 Å². The largest absolute Gasteiger partial charge is 0.335 e. The third-order valence-electron chi connectivity index (χ3n) is 6.92. The number of rotatable bonds is 4. The molecule has 0 atom stereocenters. The summed E-state index contributed by atoms with van der Waals surface area (Å²) in [7, 11) is 0. The van der Waals surface area contributed by atoms with Crippen molar-refractivity contribution in [3.8, 4) is 5.69 Å². The van der Waals surface area contributed by atoms with E-state index in [1.54, 1.807) is 17.0 Å². The highest BCUT2D eigenvalue weighted by Gasteiger charge is 2.35. The molecule has 0 aliphatic carbocycles. The molecule has 0 saturated carbocycles. The van der Waals surface area contributed by atoms with Gasteiger partial charge in [0.25, 0.3) is 11.5 Å². The van der Waals surface area contributed by atoms with Crippen molar-refractivity contribution in [1.82, 2.24) is 29.8 Å². The summed E-state index contributed by atoms with van der Waals surface area (Å²) in [6, 6.07) is 13.3. The van der Waals surface area contributed by atoms with Crippen LogP contribution in [0.2, 0.25) is 0 Å². The molecule has 5 rings (SSSR count). The molecule has 36 heavy (non-hydrogen) atoms. The number of piperazine rings is 1. The molecule has 1 aliphatic heterocycles. The van der Waals surface area contributed by atoms with E-state index < -0.39 is 0 Å². The predicted molar refractivity (Wildman–Crippen MR) is 147 cm³/mol. The number of benzene rings is 2. The van der Waals surface area contributed by atoms with E-state index in [4.69, 9.17) is 0 Å². The summed E-state index contributed by atoms with van der Waals surface area (Å²) in [6.45, 7) is 8.80. The first-order chi connectivity index (χ1) is 17.1. The molecule has 4 aromatic rings. The quantitative estimate of drug-likeness (QED) is 0.363. The molecule has 186 valence electrons. The third kappa shape index (κ3) is 4.65. The topological polar surface area (TPSA) is 87.1 Å². The first-order valence-electron chi connectivity index (χ1n) is 11.7. The Morgan fingerprint density at radius 1 is 1.00 bits per heavy atom. The maximum Gasteiger partial charge on any atom is 0.270 e. The molecule has 2 aromatic carbocycles. The summed E-state index contributed by atoms with van der Waals surface area (Å²) < 4.78 is 3.66. The Balaban J connectivity index is 1.30. The highest BCUT2D eigenvalue weighted by Crippen LogP contribution is 2.29. The smallest absolute Gasteiger partial charge is 0.270 e. The van der Waals surface area contributed by atoms with Crippen LogP contribution in [0.5, 0.6) is 0 Å². The first kappa shape index (κ1) is 24.9. The van der Waals surface area contributed by atoms with Gasteiger partial charge in [-0.05, 0) is 68.1 Å². The Bertz CT molecular complexity index is 1520. The highest BCUT2D eigenvalue weighted by atomic mass is 79.9. The summed E-state index contributed by atoms with van der Waals surface area (Å²) in [4.78, 5) is 32.6. The number of aromatic nitrogens is 4. The number of pyridine rings is 1. The fourth-order valence-corrected chi connectivity index (χ4v) is 5.52. The number of amides is 1. The summed E-state index contributed by atoms with van der Waals surface area (Å²) >= 11 is 6.89. The fraction of sp³-hybridized carbons (Fsp3) is 0.308. The van der Waals surface area contributed by atoms with Crippen LogP contribution in [0.4, 0.5) is 0 Å². The molecule has 1 aliphatic rings. The minimum Gasteiger partial charge on any atom is -0.335 e. The van der Waals surface area contributed by atoms with E-state index in [1.165, 1.54) is 0 Å². The number of halogens is 2. The van der Waals surface area contributed by atoms with Crippen molar-refractivity contribution in [3.05, 3.63) is 84.9 Å². The number of carbonyl (C=O) groups is 1. The van der Waals surface area contributed by atoms with Crippen molar-refractivity contribution in [3.63, 3.8) is 0 Å². The van der Waals surface area contributed by atoms with Gasteiger partial charge in [0.05, 0.1) is 17.4 Å². The van der Waals surface area contributed by atoms with E-state index in [9.17, 15) is 9.59 Å². The van der Waals surface area contributed by atoms with Gasteiger partial charge in [0, 0.05) is 40.5 Å². The number of nitrogens with zero attached hydrogens (tertiary/aromatic N) is 5. The second kappa shape index (κ2) is 9.57. The van der Waals surface area contributed by atoms with Gasteiger partial charge in [-0.15, -0.1) is 5.10 Å². The molecule has 8 nitrogen and oxygen atoms in total. The number of aryl methyl sites for hydroxylation is 1. The Kier molecular flexibility index (Phi) is 6.61. The number of fused-ring (bicyclic) bond motifs is 1. The van der Waals surface area contributed by atoms with Gasteiger partial charge in [-0.1, -0.05) is 43.1 Å².